The van der Waals surface area contributed by atoms with E-state index >= 15 is 0 Å². The van der Waals surface area contributed by atoms with Crippen molar-refractivity contribution >= 4 is 0 Å². The molecule has 20 heavy (non-hydrogen) atoms. The minimum absolute atomic E-state index is 0.815. The van der Waals surface area contributed by atoms with Crippen LogP contribution in [0.2, 0.25) is 0 Å². The number of benzene rings is 1. The van der Waals surface area contributed by atoms with Crippen LogP contribution in [0, 0.1) is 0 Å². The topological polar surface area (TPSA) is 18.5 Å². The van der Waals surface area contributed by atoms with Crippen LogP contribution in [0.5, 0.6) is 0 Å². The second-order valence-corrected chi connectivity index (χ2v) is 6.64. The molecule has 3 aliphatic rings. The van der Waals surface area contributed by atoms with Crippen molar-refractivity contribution < 1.29 is 0 Å². The standard InChI is InChI=1S/C17H25N3/c1-2-14(10-16(3-1)15-4-5-15)13-19-6-8-20(9-7-19)17-11-18-12-17/h1-3,10,15,17-18H,4-9,11-13H2. The van der Waals surface area contributed by atoms with E-state index in [2.05, 4.69) is 39.4 Å². The lowest BCUT2D eigenvalue weighted by Crippen LogP contribution is -2.61. The molecule has 3 heteroatoms. The number of nitrogens with one attached hydrogen (secondary N) is 1. The molecule has 0 unspecified atom stereocenters. The Morgan fingerprint density at radius 1 is 1.05 bits per heavy atom. The molecule has 4 rings (SSSR count). The van der Waals surface area contributed by atoms with Crippen LogP contribution in [0.4, 0.5) is 0 Å². The Balaban J connectivity index is 1.32. The fourth-order valence-electron chi connectivity index (χ4n) is 3.44. The summed E-state index contributed by atoms with van der Waals surface area (Å²) in [4.78, 5) is 5.28. The second-order valence-electron chi connectivity index (χ2n) is 6.64. The van der Waals surface area contributed by atoms with Crippen LogP contribution in [0.25, 0.3) is 0 Å². The van der Waals surface area contributed by atoms with Crippen molar-refractivity contribution in [2.24, 2.45) is 0 Å². The summed E-state index contributed by atoms with van der Waals surface area (Å²) in [5, 5.41) is 3.38. The monoisotopic (exact) mass is 271 g/mol. The average Bonchev–Trinajstić information content (AvgIpc) is 3.24. The van der Waals surface area contributed by atoms with E-state index in [0.29, 0.717) is 0 Å². The van der Waals surface area contributed by atoms with Crippen molar-refractivity contribution in [1.29, 1.82) is 0 Å². The molecule has 0 bridgehead atoms. The third-order valence-corrected chi connectivity index (χ3v) is 5.09. The van der Waals surface area contributed by atoms with Crippen molar-refractivity contribution in [1.82, 2.24) is 15.1 Å². The van der Waals surface area contributed by atoms with E-state index < -0.39 is 0 Å². The Labute approximate surface area is 121 Å². The minimum atomic E-state index is 0.815. The summed E-state index contributed by atoms with van der Waals surface area (Å²) >= 11 is 0. The van der Waals surface area contributed by atoms with Gasteiger partial charge in [-0.15, -0.1) is 0 Å². The van der Waals surface area contributed by atoms with Gasteiger partial charge in [0.15, 0.2) is 0 Å². The first-order valence-corrected chi connectivity index (χ1v) is 8.14. The molecule has 0 atom stereocenters. The van der Waals surface area contributed by atoms with E-state index in [-0.39, 0.29) is 0 Å². The molecule has 1 N–H and O–H groups in total. The first kappa shape index (κ1) is 12.8. The molecule has 3 nitrogen and oxygen atoms in total. The van der Waals surface area contributed by atoms with Gasteiger partial charge in [0.2, 0.25) is 0 Å². The Morgan fingerprint density at radius 2 is 1.85 bits per heavy atom. The normalized spacial score (nSPS) is 25.6. The Bertz CT molecular complexity index is 457. The summed E-state index contributed by atoms with van der Waals surface area (Å²) in [6, 6.07) is 10.1. The number of hydrogen-bond donors (Lipinski definition) is 1. The minimum Gasteiger partial charge on any atom is -0.314 e. The lowest BCUT2D eigenvalue weighted by atomic mass is 10.1. The van der Waals surface area contributed by atoms with Gasteiger partial charge in [-0.05, 0) is 29.9 Å². The van der Waals surface area contributed by atoms with Crippen LogP contribution in [-0.4, -0.2) is 55.1 Å². The first-order valence-electron chi connectivity index (χ1n) is 8.14. The highest BCUT2D eigenvalue weighted by molar-refractivity contribution is 5.29. The zero-order chi connectivity index (χ0) is 13.4. The Hall–Kier alpha value is -0.900. The third kappa shape index (κ3) is 2.76. The number of rotatable bonds is 4. The molecule has 2 heterocycles. The van der Waals surface area contributed by atoms with Crippen LogP contribution in [-0.2, 0) is 6.54 Å². The van der Waals surface area contributed by atoms with Gasteiger partial charge in [0.25, 0.3) is 0 Å². The van der Waals surface area contributed by atoms with E-state index in [1.807, 2.05) is 0 Å². The van der Waals surface area contributed by atoms with Crippen molar-refractivity contribution in [3.05, 3.63) is 35.4 Å². The summed E-state index contributed by atoms with van der Waals surface area (Å²) < 4.78 is 0. The molecule has 0 amide bonds. The lowest BCUT2D eigenvalue weighted by Gasteiger charge is -2.43. The molecule has 2 aliphatic heterocycles. The molecule has 3 fully saturated rings. The smallest absolute Gasteiger partial charge is 0.0346 e. The van der Waals surface area contributed by atoms with E-state index in [1.54, 1.807) is 5.56 Å². The van der Waals surface area contributed by atoms with E-state index in [0.717, 1.165) is 18.5 Å². The second kappa shape index (κ2) is 5.47. The molecule has 1 aromatic rings. The molecule has 0 aromatic heterocycles. The highest BCUT2D eigenvalue weighted by Gasteiger charge is 2.28. The van der Waals surface area contributed by atoms with Gasteiger partial charge in [0.1, 0.15) is 0 Å². The molecule has 1 saturated carbocycles. The van der Waals surface area contributed by atoms with Crippen molar-refractivity contribution in [3.63, 3.8) is 0 Å². The summed E-state index contributed by atoms with van der Waals surface area (Å²) in [6.07, 6.45) is 2.80. The number of nitrogens with zero attached hydrogens (tertiary/aromatic N) is 2. The summed E-state index contributed by atoms with van der Waals surface area (Å²) in [5.74, 6) is 0.873. The Morgan fingerprint density at radius 3 is 2.50 bits per heavy atom. The molecule has 1 aromatic carbocycles. The Kier molecular flexibility index (Phi) is 3.51. The van der Waals surface area contributed by atoms with Gasteiger partial charge in [0, 0.05) is 51.9 Å². The fraction of sp³-hybridized carbons (Fsp3) is 0.647. The maximum atomic E-state index is 3.38. The van der Waals surface area contributed by atoms with Crippen LogP contribution in [0.15, 0.2) is 24.3 Å². The maximum absolute atomic E-state index is 3.38. The maximum Gasteiger partial charge on any atom is 0.0346 e. The lowest BCUT2D eigenvalue weighted by molar-refractivity contribution is 0.0695. The first-order chi connectivity index (χ1) is 9.88. The number of hydrogen-bond acceptors (Lipinski definition) is 3. The van der Waals surface area contributed by atoms with Crippen LogP contribution < -0.4 is 5.32 Å². The fourth-order valence-corrected chi connectivity index (χ4v) is 3.44. The highest BCUT2D eigenvalue weighted by atomic mass is 15.3. The van der Waals surface area contributed by atoms with Crippen molar-refractivity contribution in [2.75, 3.05) is 39.3 Å². The molecule has 0 spiro atoms. The van der Waals surface area contributed by atoms with E-state index in [4.69, 9.17) is 0 Å². The molecule has 2 saturated heterocycles. The van der Waals surface area contributed by atoms with Crippen LogP contribution in [0.1, 0.15) is 29.9 Å². The summed E-state index contributed by atoms with van der Waals surface area (Å²) in [7, 11) is 0. The third-order valence-electron chi connectivity index (χ3n) is 5.09. The molecule has 108 valence electrons. The number of piperazine rings is 1. The molecular weight excluding hydrogens is 246 g/mol. The van der Waals surface area contributed by atoms with Gasteiger partial charge in [-0.3, -0.25) is 9.80 Å². The van der Waals surface area contributed by atoms with Gasteiger partial charge >= 0.3 is 0 Å². The van der Waals surface area contributed by atoms with E-state index in [9.17, 15) is 0 Å². The highest BCUT2D eigenvalue weighted by Crippen LogP contribution is 2.40. The van der Waals surface area contributed by atoms with Crippen molar-refractivity contribution in [2.45, 2.75) is 31.3 Å². The molecule has 0 radical (unpaired) electrons. The van der Waals surface area contributed by atoms with Gasteiger partial charge in [-0.2, -0.15) is 0 Å². The zero-order valence-corrected chi connectivity index (χ0v) is 12.2. The molecular formula is C17H25N3. The van der Waals surface area contributed by atoms with Gasteiger partial charge < -0.3 is 5.32 Å². The molecule has 1 aliphatic carbocycles. The average molecular weight is 271 g/mol. The van der Waals surface area contributed by atoms with Crippen LogP contribution in [0.3, 0.4) is 0 Å². The summed E-state index contributed by atoms with van der Waals surface area (Å²) in [5.41, 5.74) is 3.08. The van der Waals surface area contributed by atoms with Crippen LogP contribution >= 0.6 is 0 Å². The van der Waals surface area contributed by atoms with E-state index in [1.165, 1.54) is 57.7 Å². The van der Waals surface area contributed by atoms with Gasteiger partial charge in [-0.25, -0.2) is 0 Å². The zero-order valence-electron chi connectivity index (χ0n) is 12.2. The SMILES string of the molecule is c1cc(CN2CCN(C3CNC3)CC2)cc(C2CC2)c1. The predicted octanol–water partition coefficient (Wildman–Crippen LogP) is 1.65. The predicted molar refractivity (Wildman–Crippen MR) is 81.9 cm³/mol. The van der Waals surface area contributed by atoms with Crippen molar-refractivity contribution in [3.8, 4) is 0 Å². The van der Waals surface area contributed by atoms with Gasteiger partial charge in [-0.1, -0.05) is 24.3 Å². The largest absolute Gasteiger partial charge is 0.314 e. The summed E-state index contributed by atoms with van der Waals surface area (Å²) in [6.45, 7) is 8.47. The quantitative estimate of drug-likeness (QED) is 0.898. The van der Waals surface area contributed by atoms with Gasteiger partial charge in [0.05, 0.1) is 0 Å².